The first-order valence-electron chi connectivity index (χ1n) is 10.3. The number of carbonyl (C=O) groups is 1. The number of rotatable bonds is 4. The van der Waals surface area contributed by atoms with Crippen LogP contribution in [0, 0.1) is 13.8 Å². The molecule has 0 aliphatic carbocycles. The molecule has 176 valence electrons. The van der Waals surface area contributed by atoms with Crippen molar-refractivity contribution in [2.24, 2.45) is 0 Å². The summed E-state index contributed by atoms with van der Waals surface area (Å²) in [5.41, 5.74) is 0.828. The van der Waals surface area contributed by atoms with Gasteiger partial charge >= 0.3 is 6.18 Å². The standard InChI is InChI=1S/C21H22ClF3N6OS/c1-12-10-29(8-9-30(12)17(32)11-31-14(3)26-13(2)28-31)19-18(15-4-6-16(22)7-5-15)27-20(33-19)21(23,24)25/h4-7,12H,8-11H2,1-3H3. The highest BCUT2D eigenvalue weighted by Gasteiger charge is 2.38. The Morgan fingerprint density at radius 3 is 2.45 bits per heavy atom. The molecule has 1 amide bonds. The van der Waals surface area contributed by atoms with Crippen LogP contribution in [0.3, 0.4) is 0 Å². The van der Waals surface area contributed by atoms with Gasteiger partial charge in [-0.3, -0.25) is 4.79 Å². The maximum atomic E-state index is 13.5. The molecule has 3 aromatic rings. The zero-order chi connectivity index (χ0) is 23.9. The van der Waals surface area contributed by atoms with Gasteiger partial charge in [0, 0.05) is 36.3 Å². The number of amides is 1. The van der Waals surface area contributed by atoms with Crippen LogP contribution in [0.15, 0.2) is 24.3 Å². The number of thiazole rings is 1. The number of piperazine rings is 1. The fourth-order valence-electron chi connectivity index (χ4n) is 3.89. The molecule has 0 saturated carbocycles. The quantitative estimate of drug-likeness (QED) is 0.532. The van der Waals surface area contributed by atoms with Crippen LogP contribution in [0.2, 0.25) is 5.02 Å². The molecular formula is C21H22ClF3N6OS. The molecular weight excluding hydrogens is 477 g/mol. The molecule has 0 bridgehead atoms. The zero-order valence-corrected chi connectivity index (χ0v) is 19.8. The van der Waals surface area contributed by atoms with Crippen molar-refractivity contribution < 1.29 is 18.0 Å². The SMILES string of the molecule is Cc1nc(C)n(CC(=O)N2CCN(c3sc(C(F)(F)F)nc3-c3ccc(Cl)cc3)CC2C)n1. The fourth-order valence-corrected chi connectivity index (χ4v) is 5.00. The van der Waals surface area contributed by atoms with E-state index in [0.29, 0.717) is 58.2 Å². The molecule has 1 atom stereocenters. The maximum absolute atomic E-state index is 13.5. The number of nitrogens with zero attached hydrogens (tertiary/aromatic N) is 6. The van der Waals surface area contributed by atoms with E-state index < -0.39 is 11.2 Å². The molecule has 1 unspecified atom stereocenters. The summed E-state index contributed by atoms with van der Waals surface area (Å²) >= 11 is 6.57. The van der Waals surface area contributed by atoms with Gasteiger partial charge in [-0.05, 0) is 32.9 Å². The molecule has 1 aliphatic heterocycles. The van der Waals surface area contributed by atoms with Crippen LogP contribution in [0.4, 0.5) is 18.2 Å². The fraction of sp³-hybridized carbons (Fsp3) is 0.429. The maximum Gasteiger partial charge on any atom is 0.443 e. The van der Waals surface area contributed by atoms with Gasteiger partial charge < -0.3 is 9.80 Å². The Labute approximate surface area is 197 Å². The summed E-state index contributed by atoms with van der Waals surface area (Å²) in [7, 11) is 0. The topological polar surface area (TPSA) is 67.2 Å². The van der Waals surface area contributed by atoms with Crippen molar-refractivity contribution in [2.45, 2.75) is 39.5 Å². The molecule has 33 heavy (non-hydrogen) atoms. The highest BCUT2D eigenvalue weighted by molar-refractivity contribution is 7.16. The molecule has 4 rings (SSSR count). The summed E-state index contributed by atoms with van der Waals surface area (Å²) in [5, 5.41) is 4.26. The molecule has 12 heteroatoms. The van der Waals surface area contributed by atoms with Crippen molar-refractivity contribution in [2.75, 3.05) is 24.5 Å². The van der Waals surface area contributed by atoms with Crippen molar-refractivity contribution in [1.82, 2.24) is 24.6 Å². The number of aromatic nitrogens is 4. The van der Waals surface area contributed by atoms with E-state index in [2.05, 4.69) is 15.1 Å². The number of aryl methyl sites for hydroxylation is 2. The van der Waals surface area contributed by atoms with Gasteiger partial charge in [-0.2, -0.15) is 18.3 Å². The van der Waals surface area contributed by atoms with Crippen LogP contribution in [-0.4, -0.2) is 56.2 Å². The molecule has 0 spiro atoms. The van der Waals surface area contributed by atoms with E-state index in [0.717, 1.165) is 0 Å². The van der Waals surface area contributed by atoms with Crippen LogP contribution in [-0.2, 0) is 17.5 Å². The lowest BCUT2D eigenvalue weighted by molar-refractivity contribution is -0.137. The van der Waals surface area contributed by atoms with Gasteiger partial charge in [0.25, 0.3) is 0 Å². The van der Waals surface area contributed by atoms with E-state index in [1.165, 1.54) is 0 Å². The van der Waals surface area contributed by atoms with Crippen molar-refractivity contribution in [3.05, 3.63) is 45.9 Å². The summed E-state index contributed by atoms with van der Waals surface area (Å²) in [6, 6.07) is 6.37. The van der Waals surface area contributed by atoms with Crippen molar-refractivity contribution >= 4 is 33.8 Å². The largest absolute Gasteiger partial charge is 0.443 e. The average Bonchev–Trinajstić information content (AvgIpc) is 3.32. The third kappa shape index (κ3) is 4.98. The lowest BCUT2D eigenvalue weighted by Crippen LogP contribution is -2.54. The number of halogens is 4. The highest BCUT2D eigenvalue weighted by Crippen LogP contribution is 2.43. The monoisotopic (exact) mass is 498 g/mol. The molecule has 1 fully saturated rings. The predicted molar refractivity (Wildman–Crippen MR) is 120 cm³/mol. The van der Waals surface area contributed by atoms with Crippen LogP contribution < -0.4 is 4.90 Å². The predicted octanol–water partition coefficient (Wildman–Crippen LogP) is 4.43. The van der Waals surface area contributed by atoms with Crippen LogP contribution >= 0.6 is 22.9 Å². The van der Waals surface area contributed by atoms with Crippen LogP contribution in [0.5, 0.6) is 0 Å². The van der Waals surface area contributed by atoms with Gasteiger partial charge in [0.05, 0.1) is 0 Å². The van der Waals surface area contributed by atoms with E-state index in [-0.39, 0.29) is 24.2 Å². The molecule has 7 nitrogen and oxygen atoms in total. The molecule has 2 aromatic heterocycles. The number of anilines is 1. The molecule has 3 heterocycles. The minimum absolute atomic E-state index is 0.0752. The first-order valence-corrected chi connectivity index (χ1v) is 11.5. The minimum Gasteiger partial charge on any atom is -0.358 e. The first kappa shape index (κ1) is 23.5. The Morgan fingerprint density at radius 1 is 1.18 bits per heavy atom. The Bertz CT molecular complexity index is 1160. The van der Waals surface area contributed by atoms with Gasteiger partial charge in [-0.15, -0.1) is 0 Å². The molecule has 1 saturated heterocycles. The number of hydrogen-bond acceptors (Lipinski definition) is 6. The average molecular weight is 499 g/mol. The summed E-state index contributed by atoms with van der Waals surface area (Å²) in [4.78, 5) is 24.6. The second-order valence-corrected chi connectivity index (χ2v) is 9.34. The second-order valence-electron chi connectivity index (χ2n) is 7.92. The summed E-state index contributed by atoms with van der Waals surface area (Å²) in [6.45, 7) is 6.68. The van der Waals surface area contributed by atoms with Gasteiger partial charge in [-0.25, -0.2) is 14.6 Å². The van der Waals surface area contributed by atoms with Gasteiger partial charge in [0.1, 0.15) is 28.9 Å². The smallest absolute Gasteiger partial charge is 0.358 e. The normalized spacial score (nSPS) is 17.0. The Hall–Kier alpha value is -2.66. The number of benzene rings is 1. The van der Waals surface area contributed by atoms with Crippen LogP contribution in [0.25, 0.3) is 11.3 Å². The molecule has 0 radical (unpaired) electrons. The van der Waals surface area contributed by atoms with Crippen molar-refractivity contribution in [3.63, 3.8) is 0 Å². The molecule has 1 aliphatic rings. The Morgan fingerprint density at radius 2 is 1.88 bits per heavy atom. The van der Waals surface area contributed by atoms with E-state index in [4.69, 9.17) is 11.6 Å². The van der Waals surface area contributed by atoms with Crippen molar-refractivity contribution in [1.29, 1.82) is 0 Å². The lowest BCUT2D eigenvalue weighted by Gasteiger charge is -2.40. The summed E-state index contributed by atoms with van der Waals surface area (Å²) in [5.74, 6) is 1.15. The number of carbonyl (C=O) groups excluding carboxylic acids is 1. The first-order chi connectivity index (χ1) is 15.5. The highest BCUT2D eigenvalue weighted by atomic mass is 35.5. The third-order valence-corrected chi connectivity index (χ3v) is 6.87. The van der Waals surface area contributed by atoms with E-state index in [1.54, 1.807) is 47.7 Å². The van der Waals surface area contributed by atoms with Gasteiger partial charge in [0.2, 0.25) is 10.9 Å². The minimum atomic E-state index is -4.54. The van der Waals surface area contributed by atoms with Crippen molar-refractivity contribution in [3.8, 4) is 11.3 Å². The molecule has 1 aromatic carbocycles. The summed E-state index contributed by atoms with van der Waals surface area (Å²) in [6.07, 6.45) is -4.54. The zero-order valence-electron chi connectivity index (χ0n) is 18.2. The number of alkyl halides is 3. The summed E-state index contributed by atoms with van der Waals surface area (Å²) < 4.78 is 41.9. The molecule has 0 N–H and O–H groups in total. The number of hydrogen-bond donors (Lipinski definition) is 0. The Kier molecular flexibility index (Phi) is 6.37. The second kappa shape index (κ2) is 8.94. The van der Waals surface area contributed by atoms with E-state index in [1.807, 2.05) is 11.8 Å². The van der Waals surface area contributed by atoms with Gasteiger partial charge in [-0.1, -0.05) is 35.1 Å². The van der Waals surface area contributed by atoms with E-state index >= 15 is 0 Å². The Balaban J connectivity index is 1.56. The lowest BCUT2D eigenvalue weighted by atomic mass is 10.1. The van der Waals surface area contributed by atoms with Crippen LogP contribution in [0.1, 0.15) is 23.6 Å². The third-order valence-electron chi connectivity index (χ3n) is 5.45. The van der Waals surface area contributed by atoms with Gasteiger partial charge in [0.15, 0.2) is 0 Å². The van der Waals surface area contributed by atoms with E-state index in [9.17, 15) is 18.0 Å².